The van der Waals surface area contributed by atoms with Gasteiger partial charge >= 0.3 is 0 Å². The number of likely N-dealkylation sites (N-methyl/N-ethyl adjacent to an activating group) is 1. The maximum absolute atomic E-state index is 13.0. The molecule has 3 atom stereocenters. The number of ether oxygens (including phenoxy) is 1. The summed E-state index contributed by atoms with van der Waals surface area (Å²) in [5.74, 6) is 1.45. The van der Waals surface area contributed by atoms with Crippen LogP contribution < -0.4 is 16.0 Å². The molecule has 3 N–H and O–H groups in total. The van der Waals surface area contributed by atoms with Crippen LogP contribution in [0.3, 0.4) is 0 Å². The number of aryl methyl sites for hydroxylation is 1. The fraction of sp³-hybridized carbons (Fsp3) is 0.556. The SMILES string of the molecule is COCC(=O)NC(c1nc2c(c(NC3CCC(=O)N(C)C3)n1)S(=O)CC2)C1(c2ccccc2)CCNCC1. The highest BCUT2D eigenvalue weighted by atomic mass is 32.2. The maximum atomic E-state index is 13.0. The average Bonchev–Trinajstić information content (AvgIpc) is 3.31. The molecule has 38 heavy (non-hydrogen) atoms. The van der Waals surface area contributed by atoms with Crippen molar-refractivity contribution in [1.29, 1.82) is 0 Å². The van der Waals surface area contributed by atoms with Crippen LogP contribution in [0.15, 0.2) is 35.2 Å². The predicted molar refractivity (Wildman–Crippen MR) is 144 cm³/mol. The van der Waals surface area contributed by atoms with Crippen LogP contribution in [0.2, 0.25) is 0 Å². The van der Waals surface area contributed by atoms with E-state index in [0.717, 1.165) is 37.2 Å². The van der Waals surface area contributed by atoms with Gasteiger partial charge in [0, 0.05) is 50.8 Å². The Balaban J connectivity index is 1.60. The molecular weight excluding hydrogens is 504 g/mol. The van der Waals surface area contributed by atoms with Crippen LogP contribution >= 0.6 is 0 Å². The fourth-order valence-electron chi connectivity index (χ4n) is 5.94. The van der Waals surface area contributed by atoms with Gasteiger partial charge in [0.05, 0.1) is 22.5 Å². The van der Waals surface area contributed by atoms with Crippen molar-refractivity contribution < 1.29 is 18.5 Å². The van der Waals surface area contributed by atoms with Crippen LogP contribution in [0.4, 0.5) is 5.82 Å². The van der Waals surface area contributed by atoms with E-state index >= 15 is 0 Å². The second kappa shape index (κ2) is 11.5. The highest BCUT2D eigenvalue weighted by Crippen LogP contribution is 2.44. The summed E-state index contributed by atoms with van der Waals surface area (Å²) in [6, 6.07) is 9.73. The lowest BCUT2D eigenvalue weighted by Crippen LogP contribution is -2.51. The first-order valence-corrected chi connectivity index (χ1v) is 14.6. The number of nitrogens with zero attached hydrogens (tertiary/aromatic N) is 3. The zero-order valence-corrected chi connectivity index (χ0v) is 22.8. The molecule has 4 heterocycles. The number of carbonyl (C=O) groups is 2. The van der Waals surface area contributed by atoms with Crippen molar-refractivity contribution in [1.82, 2.24) is 25.5 Å². The van der Waals surface area contributed by atoms with E-state index in [-0.39, 0.29) is 24.5 Å². The molecule has 0 saturated carbocycles. The number of anilines is 1. The van der Waals surface area contributed by atoms with Crippen molar-refractivity contribution in [3.63, 3.8) is 0 Å². The number of benzene rings is 1. The van der Waals surface area contributed by atoms with E-state index in [1.807, 2.05) is 18.2 Å². The molecular formula is C27H36N6O4S. The molecule has 3 aliphatic rings. The molecule has 2 amide bonds. The minimum atomic E-state index is -1.20. The summed E-state index contributed by atoms with van der Waals surface area (Å²) in [5.41, 5.74) is 1.45. The van der Waals surface area contributed by atoms with Crippen LogP contribution in [0, 0.1) is 0 Å². The molecule has 10 nitrogen and oxygen atoms in total. The molecule has 2 fully saturated rings. The van der Waals surface area contributed by atoms with Gasteiger partial charge in [0.1, 0.15) is 17.3 Å². The number of fused-ring (bicyclic) bond motifs is 1. The van der Waals surface area contributed by atoms with Gasteiger partial charge in [0.25, 0.3) is 0 Å². The van der Waals surface area contributed by atoms with Gasteiger partial charge < -0.3 is 25.6 Å². The van der Waals surface area contributed by atoms with Gasteiger partial charge in [-0.15, -0.1) is 0 Å². The third kappa shape index (κ3) is 5.32. The number of amides is 2. The van der Waals surface area contributed by atoms with Gasteiger partial charge in [0.2, 0.25) is 11.8 Å². The molecule has 0 spiro atoms. The number of piperidine rings is 2. The Kier molecular flexibility index (Phi) is 8.06. The summed E-state index contributed by atoms with van der Waals surface area (Å²) in [5, 5.41) is 10.2. The van der Waals surface area contributed by atoms with E-state index in [1.165, 1.54) is 7.11 Å². The number of rotatable bonds is 8. The van der Waals surface area contributed by atoms with Gasteiger partial charge in [-0.05, 0) is 37.9 Å². The average molecular weight is 541 g/mol. The van der Waals surface area contributed by atoms with Crippen molar-refractivity contribution in [3.8, 4) is 0 Å². The number of nitrogens with one attached hydrogen (secondary N) is 3. The summed E-state index contributed by atoms with van der Waals surface area (Å²) < 4.78 is 18.2. The molecule has 3 aliphatic heterocycles. The van der Waals surface area contributed by atoms with Gasteiger partial charge in [-0.3, -0.25) is 13.8 Å². The number of hydrogen-bond donors (Lipinski definition) is 3. The van der Waals surface area contributed by atoms with Crippen molar-refractivity contribution in [2.45, 2.75) is 54.5 Å². The summed E-state index contributed by atoms with van der Waals surface area (Å²) >= 11 is 0. The number of hydrogen-bond acceptors (Lipinski definition) is 8. The van der Waals surface area contributed by atoms with Gasteiger partial charge in [-0.1, -0.05) is 30.3 Å². The van der Waals surface area contributed by atoms with Crippen LogP contribution in [-0.4, -0.2) is 83.1 Å². The molecule has 2 aromatic rings. The zero-order valence-electron chi connectivity index (χ0n) is 22.0. The summed E-state index contributed by atoms with van der Waals surface area (Å²) in [4.78, 5) is 37.4. The first-order valence-electron chi connectivity index (χ1n) is 13.3. The second-order valence-electron chi connectivity index (χ2n) is 10.4. The lowest BCUT2D eigenvalue weighted by molar-refractivity contribution is -0.132. The summed E-state index contributed by atoms with van der Waals surface area (Å²) in [6.45, 7) is 2.08. The van der Waals surface area contributed by atoms with E-state index in [0.29, 0.717) is 48.1 Å². The smallest absolute Gasteiger partial charge is 0.246 e. The number of likely N-dealkylation sites (tertiary alicyclic amines) is 1. The lowest BCUT2D eigenvalue weighted by atomic mass is 9.67. The molecule has 0 radical (unpaired) electrons. The highest BCUT2D eigenvalue weighted by Gasteiger charge is 2.45. The Labute approximate surface area is 225 Å². The topological polar surface area (TPSA) is 126 Å². The first kappa shape index (κ1) is 26.7. The molecule has 5 rings (SSSR count). The monoisotopic (exact) mass is 540 g/mol. The second-order valence-corrected chi connectivity index (χ2v) is 11.9. The quantitative estimate of drug-likeness (QED) is 0.458. The Bertz CT molecular complexity index is 1200. The molecule has 1 aromatic heterocycles. The van der Waals surface area contributed by atoms with Crippen LogP contribution in [-0.2, 0) is 37.0 Å². The van der Waals surface area contributed by atoms with Gasteiger partial charge in [-0.25, -0.2) is 9.97 Å². The third-order valence-corrected chi connectivity index (χ3v) is 9.37. The standard InChI is InChI=1S/C27H36N6O4S/c1-33-16-19(8-9-22(33)35)29-25-23-20(10-15-38(23)36)30-26(32-25)24(31-21(34)17-37-2)27(11-13-28-14-12-27)18-6-4-3-5-7-18/h3-7,19,24,28H,8-17H2,1-2H3,(H,31,34)(H,29,30,32). The van der Waals surface area contributed by atoms with Crippen LogP contribution in [0.1, 0.15) is 48.8 Å². The first-order chi connectivity index (χ1) is 18.4. The largest absolute Gasteiger partial charge is 0.375 e. The van der Waals surface area contributed by atoms with E-state index in [1.54, 1.807) is 11.9 Å². The van der Waals surface area contributed by atoms with E-state index < -0.39 is 22.3 Å². The van der Waals surface area contributed by atoms with Gasteiger partial charge in [-0.2, -0.15) is 0 Å². The maximum Gasteiger partial charge on any atom is 0.246 e. The fourth-order valence-corrected chi connectivity index (χ4v) is 7.25. The van der Waals surface area contributed by atoms with Crippen LogP contribution in [0.25, 0.3) is 0 Å². The van der Waals surface area contributed by atoms with Crippen molar-refractivity contribution in [3.05, 3.63) is 47.4 Å². The van der Waals surface area contributed by atoms with Gasteiger partial charge in [0.15, 0.2) is 5.82 Å². The Morgan fingerprint density at radius 2 is 2.00 bits per heavy atom. The Morgan fingerprint density at radius 1 is 1.24 bits per heavy atom. The Morgan fingerprint density at radius 3 is 2.71 bits per heavy atom. The van der Waals surface area contributed by atoms with Crippen molar-refractivity contribution in [2.75, 3.05) is 51.5 Å². The Hall–Kier alpha value is -2.89. The minimum Gasteiger partial charge on any atom is -0.375 e. The molecule has 204 valence electrons. The normalized spacial score (nSPS) is 23.5. The van der Waals surface area contributed by atoms with Crippen molar-refractivity contribution >= 4 is 28.4 Å². The summed E-state index contributed by atoms with van der Waals surface area (Å²) in [7, 11) is 2.10. The molecule has 2 saturated heterocycles. The molecule has 3 unspecified atom stereocenters. The third-order valence-electron chi connectivity index (χ3n) is 7.91. The molecule has 0 aliphatic carbocycles. The minimum absolute atomic E-state index is 0.00866. The number of methoxy groups -OCH3 is 1. The van der Waals surface area contributed by atoms with E-state index in [2.05, 4.69) is 28.1 Å². The highest BCUT2D eigenvalue weighted by molar-refractivity contribution is 7.85. The number of aromatic nitrogens is 2. The van der Waals surface area contributed by atoms with Crippen LogP contribution in [0.5, 0.6) is 0 Å². The van der Waals surface area contributed by atoms with Crippen molar-refractivity contribution in [2.24, 2.45) is 0 Å². The lowest BCUT2D eigenvalue weighted by Gasteiger charge is -2.44. The molecule has 11 heteroatoms. The zero-order chi connectivity index (χ0) is 26.7. The predicted octanol–water partition coefficient (Wildman–Crippen LogP) is 1.30. The molecule has 1 aromatic carbocycles. The number of carbonyl (C=O) groups excluding carboxylic acids is 2. The summed E-state index contributed by atoms with van der Waals surface area (Å²) in [6.07, 6.45) is 3.31. The molecule has 0 bridgehead atoms. The van der Waals surface area contributed by atoms with E-state index in [9.17, 15) is 13.8 Å². The van der Waals surface area contributed by atoms with E-state index in [4.69, 9.17) is 14.7 Å².